The number of hydrogen-bond donors (Lipinski definition) is 1. The van der Waals surface area contributed by atoms with E-state index in [0.29, 0.717) is 0 Å². The smallest absolute Gasteiger partial charge is 0.127 e. The van der Waals surface area contributed by atoms with Crippen LogP contribution in [0.1, 0.15) is 36.8 Å². The van der Waals surface area contributed by atoms with E-state index in [9.17, 15) is 0 Å². The average Bonchev–Trinajstić information content (AvgIpc) is 3.10. The van der Waals surface area contributed by atoms with Gasteiger partial charge in [0.2, 0.25) is 0 Å². The molecule has 2 bridgehead atoms. The zero-order valence-electron chi connectivity index (χ0n) is 11.1. The zero-order valence-corrected chi connectivity index (χ0v) is 11.9. The highest BCUT2D eigenvalue weighted by Gasteiger charge is 2.39. The van der Waals surface area contributed by atoms with Gasteiger partial charge in [-0.15, -0.1) is 0 Å². The number of benzene rings is 1. The topological polar surface area (TPSA) is 21.3 Å². The predicted octanol–water partition coefficient (Wildman–Crippen LogP) is 3.55. The number of hydrogen-bond acceptors (Lipinski definition) is 2. The lowest BCUT2D eigenvalue weighted by molar-refractivity contribution is 0.337. The third-order valence-electron chi connectivity index (χ3n) is 5.12. The summed E-state index contributed by atoms with van der Waals surface area (Å²) in [7, 11) is 0. The normalized spacial score (nSPS) is 31.5. The molecule has 3 unspecified atom stereocenters. The molecule has 0 spiro atoms. The fraction of sp³-hybridized carbons (Fsp3) is 0.625. The van der Waals surface area contributed by atoms with Crippen molar-refractivity contribution in [3.63, 3.8) is 0 Å². The van der Waals surface area contributed by atoms with Gasteiger partial charge in [0, 0.05) is 29.6 Å². The van der Waals surface area contributed by atoms with Gasteiger partial charge < -0.3 is 10.1 Å². The average molecular weight is 278 g/mol. The Morgan fingerprint density at radius 3 is 3.00 bits per heavy atom. The molecule has 2 aliphatic carbocycles. The summed E-state index contributed by atoms with van der Waals surface area (Å²) < 4.78 is 5.76. The number of rotatable bonds is 3. The number of ether oxygens (including phenoxy) is 1. The van der Waals surface area contributed by atoms with Crippen LogP contribution in [0.3, 0.4) is 0 Å². The second kappa shape index (κ2) is 4.68. The molecular formula is C16H20ClNO. The monoisotopic (exact) mass is 277 g/mol. The first-order valence-electron chi connectivity index (χ1n) is 7.47. The Kier molecular flexibility index (Phi) is 2.96. The summed E-state index contributed by atoms with van der Waals surface area (Å²) in [6.07, 6.45) is 6.69. The summed E-state index contributed by atoms with van der Waals surface area (Å²) in [5, 5.41) is 4.59. The van der Waals surface area contributed by atoms with Crippen molar-refractivity contribution < 1.29 is 4.74 Å². The van der Waals surface area contributed by atoms with Crippen LogP contribution < -0.4 is 10.1 Å². The molecule has 102 valence electrons. The summed E-state index contributed by atoms with van der Waals surface area (Å²) in [6.45, 7) is 1.70. The molecule has 1 N–H and O–H groups in total. The van der Waals surface area contributed by atoms with Crippen LogP contribution >= 0.6 is 11.6 Å². The zero-order chi connectivity index (χ0) is 12.8. The van der Waals surface area contributed by atoms with E-state index >= 15 is 0 Å². The highest BCUT2D eigenvalue weighted by atomic mass is 35.5. The lowest BCUT2D eigenvalue weighted by atomic mass is 9.95. The summed E-state index contributed by atoms with van der Waals surface area (Å²) in [6, 6.07) is 4.83. The minimum absolute atomic E-state index is 0.717. The molecular weight excluding hydrogens is 258 g/mol. The van der Waals surface area contributed by atoms with Gasteiger partial charge in [-0.2, -0.15) is 0 Å². The molecule has 2 fully saturated rings. The van der Waals surface area contributed by atoms with Crippen molar-refractivity contribution in [2.45, 2.75) is 44.7 Å². The van der Waals surface area contributed by atoms with Gasteiger partial charge in [0.05, 0.1) is 6.61 Å². The molecule has 2 nitrogen and oxygen atoms in total. The molecule has 2 saturated carbocycles. The Labute approximate surface area is 119 Å². The third-order valence-corrected chi connectivity index (χ3v) is 5.34. The number of halogens is 1. The van der Waals surface area contributed by atoms with Crippen molar-refractivity contribution in [1.29, 1.82) is 0 Å². The Hall–Kier alpha value is -0.730. The van der Waals surface area contributed by atoms with E-state index in [2.05, 4.69) is 11.4 Å². The molecule has 19 heavy (non-hydrogen) atoms. The quantitative estimate of drug-likeness (QED) is 0.912. The van der Waals surface area contributed by atoms with Crippen molar-refractivity contribution in [3.05, 3.63) is 28.3 Å². The van der Waals surface area contributed by atoms with Crippen LogP contribution in [-0.2, 0) is 13.0 Å². The standard InChI is InChI=1S/C16H20ClNO/c17-14-7-12-3-4-19-16(12)13(8-14)9-18-15-6-10-1-2-11(15)5-10/h7-8,10-11,15,18H,1-6,9H2. The molecule has 4 rings (SSSR count). The van der Waals surface area contributed by atoms with Crippen LogP contribution in [0.15, 0.2) is 12.1 Å². The minimum Gasteiger partial charge on any atom is -0.493 e. The lowest BCUT2D eigenvalue weighted by Crippen LogP contribution is -2.33. The van der Waals surface area contributed by atoms with Crippen LogP contribution in [-0.4, -0.2) is 12.6 Å². The van der Waals surface area contributed by atoms with Crippen LogP contribution in [0.25, 0.3) is 0 Å². The number of nitrogens with one attached hydrogen (secondary N) is 1. The molecule has 0 amide bonds. The summed E-state index contributed by atoms with van der Waals surface area (Å²) in [4.78, 5) is 0. The second-order valence-corrected chi connectivity index (χ2v) is 6.75. The van der Waals surface area contributed by atoms with Crippen molar-refractivity contribution in [3.8, 4) is 5.75 Å². The molecule has 0 radical (unpaired) electrons. The first-order valence-corrected chi connectivity index (χ1v) is 7.85. The van der Waals surface area contributed by atoms with E-state index in [4.69, 9.17) is 16.3 Å². The van der Waals surface area contributed by atoms with Gasteiger partial charge in [-0.3, -0.25) is 0 Å². The third kappa shape index (κ3) is 2.15. The van der Waals surface area contributed by atoms with E-state index in [1.165, 1.54) is 36.8 Å². The van der Waals surface area contributed by atoms with Crippen molar-refractivity contribution in [2.75, 3.05) is 6.61 Å². The van der Waals surface area contributed by atoms with Crippen molar-refractivity contribution in [2.24, 2.45) is 11.8 Å². The highest BCUT2D eigenvalue weighted by Crippen LogP contribution is 2.44. The Balaban J connectivity index is 1.48. The molecule has 3 aliphatic rings. The van der Waals surface area contributed by atoms with Gasteiger partial charge in [-0.25, -0.2) is 0 Å². The molecule has 0 aromatic heterocycles. The van der Waals surface area contributed by atoms with Crippen molar-refractivity contribution in [1.82, 2.24) is 5.32 Å². The fourth-order valence-electron chi connectivity index (χ4n) is 4.21. The number of fused-ring (bicyclic) bond motifs is 3. The Bertz CT molecular complexity index is 502. The Morgan fingerprint density at radius 1 is 1.26 bits per heavy atom. The van der Waals surface area contributed by atoms with Crippen molar-refractivity contribution >= 4 is 11.6 Å². The largest absolute Gasteiger partial charge is 0.493 e. The molecule has 0 saturated heterocycles. The van der Waals surface area contributed by atoms with E-state index in [1.807, 2.05) is 6.07 Å². The molecule has 1 aromatic carbocycles. The minimum atomic E-state index is 0.717. The van der Waals surface area contributed by atoms with Gasteiger partial charge in [0.1, 0.15) is 5.75 Å². The predicted molar refractivity (Wildman–Crippen MR) is 76.7 cm³/mol. The van der Waals surface area contributed by atoms with Crippen LogP contribution in [0, 0.1) is 11.8 Å². The van der Waals surface area contributed by atoms with Crippen LogP contribution in [0.2, 0.25) is 5.02 Å². The summed E-state index contributed by atoms with van der Waals surface area (Å²) >= 11 is 6.20. The molecule has 1 aliphatic heterocycles. The van der Waals surface area contributed by atoms with Gasteiger partial charge >= 0.3 is 0 Å². The first kappa shape index (κ1) is 12.0. The summed E-state index contributed by atoms with van der Waals surface area (Å²) in [5.41, 5.74) is 2.51. The fourth-order valence-corrected chi connectivity index (χ4v) is 4.48. The van der Waals surface area contributed by atoms with E-state index in [0.717, 1.165) is 48.2 Å². The SMILES string of the molecule is Clc1cc2c(c(CNC3CC4CCC3C4)c1)OCC2. The Morgan fingerprint density at radius 2 is 2.21 bits per heavy atom. The van der Waals surface area contributed by atoms with Gasteiger partial charge in [0.25, 0.3) is 0 Å². The maximum absolute atomic E-state index is 6.20. The van der Waals surface area contributed by atoms with E-state index < -0.39 is 0 Å². The van der Waals surface area contributed by atoms with E-state index in [1.54, 1.807) is 0 Å². The highest BCUT2D eigenvalue weighted by molar-refractivity contribution is 6.30. The van der Waals surface area contributed by atoms with E-state index in [-0.39, 0.29) is 0 Å². The molecule has 3 heteroatoms. The maximum atomic E-state index is 6.20. The summed E-state index contributed by atoms with van der Waals surface area (Å²) in [5.74, 6) is 2.99. The molecule has 1 heterocycles. The molecule has 1 aromatic rings. The second-order valence-electron chi connectivity index (χ2n) is 6.31. The van der Waals surface area contributed by atoms with Gasteiger partial charge in [0.15, 0.2) is 0 Å². The van der Waals surface area contributed by atoms with Crippen LogP contribution in [0.4, 0.5) is 0 Å². The van der Waals surface area contributed by atoms with Gasteiger partial charge in [-0.1, -0.05) is 18.0 Å². The van der Waals surface area contributed by atoms with Crippen LogP contribution in [0.5, 0.6) is 5.75 Å². The maximum Gasteiger partial charge on any atom is 0.127 e. The van der Waals surface area contributed by atoms with Gasteiger partial charge in [-0.05, 0) is 48.8 Å². The molecule has 3 atom stereocenters. The lowest BCUT2D eigenvalue weighted by Gasteiger charge is -2.23. The first-order chi connectivity index (χ1) is 9.29.